The Balaban J connectivity index is 2.72. The van der Waals surface area contributed by atoms with Crippen molar-refractivity contribution in [2.75, 3.05) is 0 Å². The first kappa shape index (κ1) is 25.3. The van der Waals surface area contributed by atoms with Crippen LogP contribution >= 0.6 is 17.0 Å². The van der Waals surface area contributed by atoms with E-state index in [4.69, 9.17) is 17.0 Å². The van der Waals surface area contributed by atoms with Crippen molar-refractivity contribution in [3.63, 3.8) is 0 Å². The molecule has 0 aromatic carbocycles. The zero-order valence-corrected chi connectivity index (χ0v) is 26.8. The van der Waals surface area contributed by atoms with E-state index in [9.17, 15) is 0 Å². The van der Waals surface area contributed by atoms with Gasteiger partial charge in [-0.3, -0.25) is 0 Å². The zero-order valence-electron chi connectivity index (χ0n) is 19.7. The third-order valence-corrected chi connectivity index (χ3v) is 63.4. The van der Waals surface area contributed by atoms with E-state index >= 15 is 0 Å². The van der Waals surface area contributed by atoms with Crippen LogP contribution in [0.2, 0.25) is 59.6 Å². The first-order valence-corrected chi connectivity index (χ1v) is 34.3. The Morgan fingerprint density at radius 2 is 1.11 bits per heavy atom. The molecule has 2 aliphatic rings. The summed E-state index contributed by atoms with van der Waals surface area (Å²) in [6, 6.07) is 0. The predicted octanol–water partition coefficient (Wildman–Crippen LogP) is 8.85. The van der Waals surface area contributed by atoms with Crippen molar-refractivity contribution in [3.8, 4) is 0 Å². The molecule has 2 atom stereocenters. The zero-order chi connectivity index (χ0) is 21.7. The Bertz CT molecular complexity index is 704. The van der Waals surface area contributed by atoms with Crippen molar-refractivity contribution in [1.82, 2.24) is 0 Å². The molecular formula is C22H41Cl2Si3Zr. The molecule has 0 spiro atoms. The SMILES string of the molecule is CCC1=CC([Si](C)(C)C)=C[CH]1[Zr]([Cl])([Cl])([CH]1C=C([Si](C)(C)C)C=C1CC)[SiH](C)C. The molecule has 0 saturated carbocycles. The second-order valence-corrected chi connectivity index (χ2v) is 64.1. The Morgan fingerprint density at radius 3 is 1.32 bits per heavy atom. The summed E-state index contributed by atoms with van der Waals surface area (Å²) in [5.41, 5.74) is 3.05. The van der Waals surface area contributed by atoms with Crippen LogP contribution in [0.3, 0.4) is 0 Å². The third-order valence-electron chi connectivity index (χ3n) is 7.01. The van der Waals surface area contributed by atoms with Gasteiger partial charge in [-0.1, -0.05) is 0 Å². The van der Waals surface area contributed by atoms with Crippen molar-refractivity contribution in [2.45, 2.75) is 86.3 Å². The molecule has 0 aromatic rings. The minimum absolute atomic E-state index is 0.334. The van der Waals surface area contributed by atoms with E-state index in [0.29, 0.717) is 7.25 Å². The van der Waals surface area contributed by atoms with Gasteiger partial charge >= 0.3 is 187 Å². The quantitative estimate of drug-likeness (QED) is 0.277. The van der Waals surface area contributed by atoms with E-state index in [-0.39, 0.29) is 0 Å². The second-order valence-electron chi connectivity index (χ2n) is 11.2. The summed E-state index contributed by atoms with van der Waals surface area (Å²) in [7, 11) is 13.3. The first-order valence-electron chi connectivity index (χ1n) is 11.0. The van der Waals surface area contributed by atoms with Crippen LogP contribution in [0, 0.1) is 0 Å². The normalized spacial score (nSPS) is 25.2. The molecule has 6 heteroatoms. The molecular weight excluding hydrogens is 511 g/mol. The molecule has 2 rings (SSSR count). The van der Waals surface area contributed by atoms with Crippen LogP contribution in [0.1, 0.15) is 26.7 Å². The van der Waals surface area contributed by atoms with Crippen LogP contribution < -0.4 is 0 Å². The molecule has 0 nitrogen and oxygen atoms in total. The van der Waals surface area contributed by atoms with Gasteiger partial charge in [-0.15, -0.1) is 0 Å². The van der Waals surface area contributed by atoms with E-state index in [2.05, 4.69) is 90.5 Å². The van der Waals surface area contributed by atoms with Gasteiger partial charge in [0.15, 0.2) is 0 Å². The molecule has 28 heavy (non-hydrogen) atoms. The number of rotatable bonds is 7. The molecule has 2 aliphatic carbocycles. The van der Waals surface area contributed by atoms with Gasteiger partial charge in [0.05, 0.1) is 0 Å². The molecule has 0 N–H and O–H groups in total. The van der Waals surface area contributed by atoms with Gasteiger partial charge in [0.2, 0.25) is 0 Å². The van der Waals surface area contributed by atoms with Gasteiger partial charge in [0.25, 0.3) is 0 Å². The van der Waals surface area contributed by atoms with Crippen LogP contribution in [0.5, 0.6) is 0 Å². The Kier molecular flexibility index (Phi) is 7.43. The number of hydrogen-bond donors (Lipinski definition) is 0. The van der Waals surface area contributed by atoms with Gasteiger partial charge < -0.3 is 0 Å². The maximum atomic E-state index is 8.02. The van der Waals surface area contributed by atoms with Crippen LogP contribution in [-0.4, -0.2) is 22.1 Å². The molecule has 0 amide bonds. The standard InChI is InChI=1S/2C10H17Si.C2H7Si.2ClH.Zr/c2*1-5-9-6-7-10(8-9)11(2,3)4;1-3-2;;;/h2*6-8H,5H2,1-4H3;3H,1-2H3;2*1H;/q;;;;;+2/p-2. The summed E-state index contributed by atoms with van der Waals surface area (Å²) in [5.74, 6) is -1.29. The summed E-state index contributed by atoms with van der Waals surface area (Å²) in [5, 5.41) is 3.14. The number of hydrogen-bond acceptors (Lipinski definition) is 0. The van der Waals surface area contributed by atoms with Crippen molar-refractivity contribution in [1.29, 1.82) is 0 Å². The summed E-state index contributed by atoms with van der Waals surface area (Å²) >= 11 is -4.18. The molecule has 159 valence electrons. The van der Waals surface area contributed by atoms with E-state index in [0.717, 1.165) is 12.8 Å². The van der Waals surface area contributed by atoms with Gasteiger partial charge in [-0.2, -0.15) is 0 Å². The second kappa shape index (κ2) is 8.21. The van der Waals surface area contributed by atoms with E-state index in [1.54, 1.807) is 10.4 Å². The molecule has 0 heterocycles. The first-order chi connectivity index (χ1) is 12.6. The monoisotopic (exact) mass is 549 g/mol. The van der Waals surface area contributed by atoms with E-state index < -0.39 is 37.6 Å². The summed E-state index contributed by atoms with van der Waals surface area (Å²) in [4.78, 5) is 0. The Hall–Kier alpha value is 1.07. The van der Waals surface area contributed by atoms with Crippen molar-refractivity contribution >= 4 is 39.1 Å². The van der Waals surface area contributed by atoms with E-state index in [1.165, 1.54) is 11.1 Å². The van der Waals surface area contributed by atoms with Gasteiger partial charge in [-0.05, 0) is 0 Å². The Labute approximate surface area is 185 Å². The maximum absolute atomic E-state index is 8.02. The van der Waals surface area contributed by atoms with E-state index in [1.807, 2.05) is 0 Å². The average molecular weight is 552 g/mol. The van der Waals surface area contributed by atoms with Gasteiger partial charge in [-0.25, -0.2) is 0 Å². The molecule has 0 saturated heterocycles. The van der Waals surface area contributed by atoms with Gasteiger partial charge in [0.1, 0.15) is 0 Å². The average Bonchev–Trinajstić information content (AvgIpc) is 3.19. The molecule has 0 fully saturated rings. The summed E-state index contributed by atoms with van der Waals surface area (Å²) < 4.78 is 0.667. The molecule has 2 unspecified atom stereocenters. The third kappa shape index (κ3) is 4.35. The molecule has 0 aliphatic heterocycles. The van der Waals surface area contributed by atoms with Crippen LogP contribution in [-0.2, 0) is 15.6 Å². The van der Waals surface area contributed by atoms with Crippen LogP contribution in [0.4, 0.5) is 0 Å². The van der Waals surface area contributed by atoms with Crippen LogP contribution in [0.25, 0.3) is 0 Å². The fourth-order valence-corrected chi connectivity index (χ4v) is 37.0. The molecule has 0 bridgehead atoms. The predicted molar refractivity (Wildman–Crippen MR) is 138 cm³/mol. The number of halogens is 2. The summed E-state index contributed by atoms with van der Waals surface area (Å²) in [6.07, 6.45) is 12.3. The van der Waals surface area contributed by atoms with Crippen molar-refractivity contribution in [3.05, 3.63) is 45.8 Å². The topological polar surface area (TPSA) is 0 Å². The number of allylic oxidation sites excluding steroid dienone is 8. The van der Waals surface area contributed by atoms with Crippen molar-refractivity contribution < 1.29 is 15.6 Å². The molecule has 0 aromatic heterocycles. The molecule has 0 radical (unpaired) electrons. The van der Waals surface area contributed by atoms with Gasteiger partial charge in [0, 0.05) is 0 Å². The fourth-order valence-electron chi connectivity index (χ4n) is 4.76. The fraction of sp³-hybridized carbons (Fsp3) is 0.636. The van der Waals surface area contributed by atoms with Crippen LogP contribution in [0.15, 0.2) is 45.8 Å². The minimum atomic E-state index is -4.18. The van der Waals surface area contributed by atoms with Crippen molar-refractivity contribution in [2.24, 2.45) is 0 Å². The Morgan fingerprint density at radius 1 is 0.786 bits per heavy atom. The summed E-state index contributed by atoms with van der Waals surface area (Å²) in [6.45, 7) is 24.1.